The van der Waals surface area contributed by atoms with E-state index < -0.39 is 11.5 Å². The lowest BCUT2D eigenvalue weighted by Gasteiger charge is -2.31. The maximum absolute atomic E-state index is 11.3. The normalized spacial score (nSPS) is 17.7. The van der Waals surface area contributed by atoms with Gasteiger partial charge in [0.25, 0.3) is 0 Å². The van der Waals surface area contributed by atoms with E-state index >= 15 is 0 Å². The Balaban J connectivity index is 2.02. The van der Waals surface area contributed by atoms with Gasteiger partial charge < -0.3 is 5.11 Å². The first-order chi connectivity index (χ1) is 9.01. The first-order valence-corrected chi connectivity index (χ1v) is 6.12. The van der Waals surface area contributed by atoms with Crippen molar-refractivity contribution >= 4 is 5.97 Å². The summed E-state index contributed by atoms with van der Waals surface area (Å²) < 4.78 is 1.41. The predicted octanol–water partition coefficient (Wildman–Crippen LogP) is 1.18. The molecule has 1 unspecified atom stereocenters. The molecule has 1 aliphatic carbocycles. The minimum atomic E-state index is -1.15. The van der Waals surface area contributed by atoms with E-state index in [-0.39, 0.29) is 5.92 Å². The third-order valence-corrected chi connectivity index (χ3v) is 3.71. The van der Waals surface area contributed by atoms with Crippen LogP contribution in [-0.4, -0.2) is 31.3 Å². The summed E-state index contributed by atoms with van der Waals surface area (Å²) in [6, 6.07) is 8.08. The number of hydrogen-bond donors (Lipinski definition) is 1. The summed E-state index contributed by atoms with van der Waals surface area (Å²) in [6.07, 6.45) is 0.853. The van der Waals surface area contributed by atoms with Crippen molar-refractivity contribution in [2.24, 2.45) is 0 Å². The molecule has 0 fully saturated rings. The highest BCUT2D eigenvalue weighted by atomic mass is 16.4. The molecule has 1 aliphatic rings. The van der Waals surface area contributed by atoms with Crippen LogP contribution in [0.2, 0.25) is 0 Å². The van der Waals surface area contributed by atoms with Gasteiger partial charge in [-0.1, -0.05) is 24.3 Å². The van der Waals surface area contributed by atoms with E-state index in [0.717, 1.165) is 6.42 Å². The molecule has 0 aliphatic heterocycles. The molecule has 6 nitrogen and oxygen atoms in total. The third-order valence-electron chi connectivity index (χ3n) is 3.71. The highest BCUT2D eigenvalue weighted by molar-refractivity contribution is 5.75. The molecule has 1 atom stereocenters. The summed E-state index contributed by atoms with van der Waals surface area (Å²) >= 11 is 0. The summed E-state index contributed by atoms with van der Waals surface area (Å²) in [4.78, 5) is 11.3. The minimum Gasteiger partial charge on any atom is -0.479 e. The Morgan fingerprint density at radius 1 is 1.42 bits per heavy atom. The fourth-order valence-electron chi connectivity index (χ4n) is 2.39. The zero-order chi connectivity index (χ0) is 13.6. The second-order valence-corrected chi connectivity index (χ2v) is 5.27. The molecule has 3 rings (SSSR count). The first kappa shape index (κ1) is 11.8. The Hall–Kier alpha value is -2.24. The number of carboxylic acids is 1. The lowest BCUT2D eigenvalue weighted by Crippen LogP contribution is -2.39. The summed E-state index contributed by atoms with van der Waals surface area (Å²) in [5.74, 6) is -0.246. The van der Waals surface area contributed by atoms with E-state index in [0.29, 0.717) is 5.82 Å². The van der Waals surface area contributed by atoms with Gasteiger partial charge in [-0.25, -0.2) is 9.48 Å². The van der Waals surface area contributed by atoms with Crippen LogP contribution >= 0.6 is 0 Å². The largest absolute Gasteiger partial charge is 0.479 e. The van der Waals surface area contributed by atoms with Crippen LogP contribution in [0, 0.1) is 0 Å². The lowest BCUT2D eigenvalue weighted by atomic mass is 9.77. The van der Waals surface area contributed by atoms with Crippen molar-refractivity contribution in [2.45, 2.75) is 31.7 Å². The molecule has 0 saturated carbocycles. The van der Waals surface area contributed by atoms with Crippen LogP contribution in [0.15, 0.2) is 24.3 Å². The number of carboxylic acid groups (broad SMARTS) is 1. The molecule has 19 heavy (non-hydrogen) atoms. The van der Waals surface area contributed by atoms with Gasteiger partial charge in [0.1, 0.15) is 0 Å². The molecule has 0 bridgehead atoms. The smallest absolute Gasteiger partial charge is 0.331 e. The number of carbonyl (C=O) groups is 1. The van der Waals surface area contributed by atoms with E-state index in [1.165, 1.54) is 15.8 Å². The molecule has 1 aromatic carbocycles. The second-order valence-electron chi connectivity index (χ2n) is 5.27. The summed E-state index contributed by atoms with van der Waals surface area (Å²) in [7, 11) is 0. The average molecular weight is 258 g/mol. The monoisotopic (exact) mass is 258 g/mol. The maximum Gasteiger partial charge on any atom is 0.331 e. The molecule has 0 saturated heterocycles. The van der Waals surface area contributed by atoms with Gasteiger partial charge in [-0.3, -0.25) is 0 Å². The molecule has 98 valence electrons. The van der Waals surface area contributed by atoms with E-state index in [9.17, 15) is 9.90 Å². The number of fused-ring (bicyclic) bond motifs is 1. The van der Waals surface area contributed by atoms with Gasteiger partial charge in [0.15, 0.2) is 11.4 Å². The van der Waals surface area contributed by atoms with Crippen LogP contribution in [0.25, 0.3) is 0 Å². The maximum atomic E-state index is 11.3. The van der Waals surface area contributed by atoms with Gasteiger partial charge in [0.2, 0.25) is 0 Å². The van der Waals surface area contributed by atoms with Gasteiger partial charge in [-0.2, -0.15) is 0 Å². The van der Waals surface area contributed by atoms with Gasteiger partial charge in [-0.05, 0) is 41.8 Å². The Morgan fingerprint density at radius 3 is 2.84 bits per heavy atom. The van der Waals surface area contributed by atoms with Crippen molar-refractivity contribution in [1.82, 2.24) is 20.2 Å². The number of nitrogens with zero attached hydrogens (tertiary/aromatic N) is 4. The quantitative estimate of drug-likeness (QED) is 0.894. The van der Waals surface area contributed by atoms with E-state index in [1.54, 1.807) is 13.8 Å². The minimum absolute atomic E-state index is 0.0878. The Morgan fingerprint density at radius 2 is 2.16 bits per heavy atom. The molecule has 2 aromatic rings. The SMILES string of the molecule is CC(C)(C(=O)O)n1nnnc1C1Cc2ccccc21. The van der Waals surface area contributed by atoms with Crippen LogP contribution in [0.4, 0.5) is 0 Å². The fourth-order valence-corrected chi connectivity index (χ4v) is 2.39. The molecule has 0 radical (unpaired) electrons. The van der Waals surface area contributed by atoms with E-state index in [2.05, 4.69) is 21.6 Å². The van der Waals surface area contributed by atoms with Gasteiger partial charge >= 0.3 is 5.97 Å². The van der Waals surface area contributed by atoms with Crippen molar-refractivity contribution in [2.75, 3.05) is 0 Å². The van der Waals surface area contributed by atoms with Crippen molar-refractivity contribution in [1.29, 1.82) is 0 Å². The second kappa shape index (κ2) is 3.88. The predicted molar refractivity (Wildman–Crippen MR) is 66.8 cm³/mol. The number of tetrazole rings is 1. The Bertz CT molecular complexity index is 648. The van der Waals surface area contributed by atoms with Crippen LogP contribution in [-0.2, 0) is 16.8 Å². The third kappa shape index (κ3) is 1.63. The van der Waals surface area contributed by atoms with Crippen LogP contribution in [0.1, 0.15) is 36.7 Å². The van der Waals surface area contributed by atoms with Crippen LogP contribution in [0.5, 0.6) is 0 Å². The molecular weight excluding hydrogens is 244 g/mol. The number of benzene rings is 1. The lowest BCUT2D eigenvalue weighted by molar-refractivity contribution is -0.146. The van der Waals surface area contributed by atoms with Gasteiger partial charge in [0, 0.05) is 0 Å². The van der Waals surface area contributed by atoms with E-state index in [1.807, 2.05) is 18.2 Å². The van der Waals surface area contributed by atoms with Crippen molar-refractivity contribution in [3.8, 4) is 0 Å². The van der Waals surface area contributed by atoms with Crippen molar-refractivity contribution in [3.63, 3.8) is 0 Å². The number of aliphatic carboxylic acids is 1. The highest BCUT2D eigenvalue weighted by Gasteiger charge is 2.38. The first-order valence-electron chi connectivity index (χ1n) is 6.12. The molecule has 0 amide bonds. The molecule has 0 spiro atoms. The molecule has 1 N–H and O–H groups in total. The summed E-state index contributed by atoms with van der Waals surface area (Å²) in [5.41, 5.74) is 1.30. The van der Waals surface area contributed by atoms with Crippen molar-refractivity contribution < 1.29 is 9.90 Å². The molecule has 1 aromatic heterocycles. The Labute approximate surface area is 110 Å². The zero-order valence-electron chi connectivity index (χ0n) is 10.7. The Kier molecular flexibility index (Phi) is 2.41. The standard InChI is InChI=1S/C13H14N4O2/c1-13(2,12(18)19)17-11(14-15-16-17)10-7-8-5-3-4-6-9(8)10/h3-6,10H,7H2,1-2H3,(H,18,19). The number of rotatable bonds is 3. The van der Waals surface area contributed by atoms with Crippen LogP contribution in [0.3, 0.4) is 0 Å². The van der Waals surface area contributed by atoms with Gasteiger partial charge in [0.05, 0.1) is 5.92 Å². The van der Waals surface area contributed by atoms with Crippen molar-refractivity contribution in [3.05, 3.63) is 41.2 Å². The number of aromatic nitrogens is 4. The zero-order valence-corrected chi connectivity index (χ0v) is 10.7. The topological polar surface area (TPSA) is 80.9 Å². The van der Waals surface area contributed by atoms with E-state index in [4.69, 9.17) is 0 Å². The van der Waals surface area contributed by atoms with Gasteiger partial charge in [-0.15, -0.1) is 5.10 Å². The highest BCUT2D eigenvalue weighted by Crippen LogP contribution is 2.39. The molecule has 1 heterocycles. The molecular formula is C13H14N4O2. The molecule has 6 heteroatoms. The van der Waals surface area contributed by atoms with Crippen LogP contribution < -0.4 is 0 Å². The summed E-state index contributed by atoms with van der Waals surface area (Å²) in [5, 5.41) is 20.8. The number of hydrogen-bond acceptors (Lipinski definition) is 4. The summed E-state index contributed by atoms with van der Waals surface area (Å²) in [6.45, 7) is 3.19. The average Bonchev–Trinajstić information content (AvgIpc) is 2.80. The fraction of sp³-hybridized carbons (Fsp3) is 0.385.